The Morgan fingerprint density at radius 2 is 2.33 bits per heavy atom. The zero-order valence-corrected chi connectivity index (χ0v) is 9.04. The van der Waals surface area contributed by atoms with Crippen LogP contribution in [0.4, 0.5) is 0 Å². The van der Waals surface area contributed by atoms with Crippen molar-refractivity contribution >= 4 is 5.97 Å². The third-order valence-corrected chi connectivity index (χ3v) is 2.86. The van der Waals surface area contributed by atoms with Crippen LogP contribution in [0, 0.1) is 0 Å². The van der Waals surface area contributed by atoms with Crippen molar-refractivity contribution in [2.45, 2.75) is 19.4 Å². The summed E-state index contributed by atoms with van der Waals surface area (Å²) < 4.78 is 4.69. The number of benzene rings is 1. The summed E-state index contributed by atoms with van der Waals surface area (Å²) in [6.45, 7) is 4.03. The van der Waals surface area contributed by atoms with Crippen LogP contribution in [0.3, 0.4) is 0 Å². The van der Waals surface area contributed by atoms with E-state index in [1.165, 1.54) is 18.2 Å². The average Bonchev–Trinajstić information content (AvgIpc) is 2.28. The molecule has 3 heteroatoms. The molecule has 2 rings (SSSR count). The first-order valence-corrected chi connectivity index (χ1v) is 5.14. The monoisotopic (exact) mass is 205 g/mol. The minimum Gasteiger partial charge on any atom is -0.465 e. The zero-order valence-electron chi connectivity index (χ0n) is 9.04. The van der Waals surface area contributed by atoms with Gasteiger partial charge in [0.15, 0.2) is 0 Å². The lowest BCUT2D eigenvalue weighted by molar-refractivity contribution is 0.0600. The Hall–Kier alpha value is -1.35. The molecule has 1 atom stereocenters. The van der Waals surface area contributed by atoms with Crippen LogP contribution in [0.25, 0.3) is 0 Å². The Kier molecular flexibility index (Phi) is 2.73. The SMILES string of the molecule is COC(=O)c1ccc2c(c1)CNC[C@H]2C. The number of esters is 1. The summed E-state index contributed by atoms with van der Waals surface area (Å²) in [5.74, 6) is 0.247. The molecule has 3 nitrogen and oxygen atoms in total. The van der Waals surface area contributed by atoms with E-state index < -0.39 is 0 Å². The van der Waals surface area contributed by atoms with Gasteiger partial charge in [-0.3, -0.25) is 0 Å². The molecule has 1 aliphatic rings. The van der Waals surface area contributed by atoms with Crippen molar-refractivity contribution in [2.24, 2.45) is 0 Å². The molecule has 0 fully saturated rings. The maximum Gasteiger partial charge on any atom is 0.337 e. The van der Waals surface area contributed by atoms with Crippen LogP contribution in [0.1, 0.15) is 34.3 Å². The van der Waals surface area contributed by atoms with Crippen LogP contribution in [0.15, 0.2) is 18.2 Å². The van der Waals surface area contributed by atoms with Gasteiger partial charge in [0.05, 0.1) is 12.7 Å². The number of methoxy groups -OCH3 is 1. The van der Waals surface area contributed by atoms with Gasteiger partial charge in [-0.2, -0.15) is 0 Å². The van der Waals surface area contributed by atoms with Crippen LogP contribution in [0.2, 0.25) is 0 Å². The number of carbonyl (C=O) groups is 1. The molecular formula is C12H15NO2. The van der Waals surface area contributed by atoms with E-state index in [9.17, 15) is 4.79 Å². The van der Waals surface area contributed by atoms with Crippen molar-refractivity contribution in [1.82, 2.24) is 5.32 Å². The maximum absolute atomic E-state index is 11.3. The Labute approximate surface area is 89.4 Å². The molecule has 0 aromatic heterocycles. The van der Waals surface area contributed by atoms with Crippen molar-refractivity contribution in [3.63, 3.8) is 0 Å². The van der Waals surface area contributed by atoms with Crippen LogP contribution >= 0.6 is 0 Å². The van der Waals surface area contributed by atoms with Crippen molar-refractivity contribution in [3.8, 4) is 0 Å². The Morgan fingerprint density at radius 1 is 1.53 bits per heavy atom. The molecule has 0 spiro atoms. The number of hydrogen-bond acceptors (Lipinski definition) is 3. The number of carbonyl (C=O) groups excluding carboxylic acids is 1. The van der Waals surface area contributed by atoms with Gasteiger partial charge in [-0.1, -0.05) is 13.0 Å². The molecule has 0 bridgehead atoms. The van der Waals surface area contributed by atoms with Crippen molar-refractivity contribution in [3.05, 3.63) is 34.9 Å². The van der Waals surface area contributed by atoms with Crippen molar-refractivity contribution in [1.29, 1.82) is 0 Å². The van der Waals surface area contributed by atoms with Gasteiger partial charge < -0.3 is 10.1 Å². The highest BCUT2D eigenvalue weighted by molar-refractivity contribution is 5.89. The summed E-state index contributed by atoms with van der Waals surface area (Å²) in [4.78, 5) is 11.3. The molecule has 0 unspecified atom stereocenters. The van der Waals surface area contributed by atoms with Gasteiger partial charge in [-0.15, -0.1) is 0 Å². The van der Waals surface area contributed by atoms with Crippen molar-refractivity contribution < 1.29 is 9.53 Å². The molecule has 0 aliphatic carbocycles. The van der Waals surface area contributed by atoms with Gasteiger partial charge in [0.2, 0.25) is 0 Å². The fraction of sp³-hybridized carbons (Fsp3) is 0.417. The van der Waals surface area contributed by atoms with E-state index in [-0.39, 0.29) is 5.97 Å². The fourth-order valence-electron chi connectivity index (χ4n) is 2.02. The number of nitrogens with one attached hydrogen (secondary N) is 1. The normalized spacial score (nSPS) is 19.5. The topological polar surface area (TPSA) is 38.3 Å². The first-order valence-electron chi connectivity index (χ1n) is 5.14. The lowest BCUT2D eigenvalue weighted by Gasteiger charge is -2.23. The average molecular weight is 205 g/mol. The van der Waals surface area contributed by atoms with Gasteiger partial charge in [0.1, 0.15) is 0 Å². The second-order valence-corrected chi connectivity index (χ2v) is 3.94. The molecule has 0 radical (unpaired) electrons. The smallest absolute Gasteiger partial charge is 0.337 e. The van der Waals surface area contributed by atoms with E-state index in [0.717, 1.165) is 13.1 Å². The second-order valence-electron chi connectivity index (χ2n) is 3.94. The predicted octanol–water partition coefficient (Wildman–Crippen LogP) is 1.68. The van der Waals surface area contributed by atoms with Crippen LogP contribution in [-0.4, -0.2) is 19.6 Å². The molecule has 1 N–H and O–H groups in total. The van der Waals surface area contributed by atoms with Crippen LogP contribution in [-0.2, 0) is 11.3 Å². The first-order chi connectivity index (χ1) is 7.22. The Bertz CT molecular complexity index is 387. The minimum atomic E-state index is -0.268. The van der Waals surface area contributed by atoms with Gasteiger partial charge in [0, 0.05) is 13.1 Å². The van der Waals surface area contributed by atoms with Crippen LogP contribution < -0.4 is 5.32 Å². The summed E-state index contributed by atoms with van der Waals surface area (Å²) in [5.41, 5.74) is 3.17. The van der Waals surface area contributed by atoms with Crippen molar-refractivity contribution in [2.75, 3.05) is 13.7 Å². The molecule has 15 heavy (non-hydrogen) atoms. The number of ether oxygens (including phenoxy) is 1. The van der Waals surface area contributed by atoms with E-state index in [4.69, 9.17) is 4.74 Å². The highest BCUT2D eigenvalue weighted by Gasteiger charge is 2.17. The molecule has 80 valence electrons. The fourth-order valence-corrected chi connectivity index (χ4v) is 2.02. The van der Waals surface area contributed by atoms with Gasteiger partial charge >= 0.3 is 5.97 Å². The molecule has 1 aromatic rings. The lowest BCUT2D eigenvalue weighted by Crippen LogP contribution is -2.26. The number of rotatable bonds is 1. The third kappa shape index (κ3) is 1.88. The molecule has 1 aliphatic heterocycles. The predicted molar refractivity (Wildman–Crippen MR) is 57.9 cm³/mol. The minimum absolute atomic E-state index is 0.268. The maximum atomic E-state index is 11.3. The van der Waals surface area contributed by atoms with E-state index >= 15 is 0 Å². The second kappa shape index (κ2) is 4.03. The first kappa shape index (κ1) is 10.2. The standard InChI is InChI=1S/C12H15NO2/c1-8-6-13-7-10-5-9(12(14)15-2)3-4-11(8)10/h3-5,8,13H,6-7H2,1-2H3/t8-/m1/s1. The molecular weight excluding hydrogens is 190 g/mol. The van der Waals surface area contributed by atoms with E-state index in [1.54, 1.807) is 0 Å². The summed E-state index contributed by atoms with van der Waals surface area (Å²) in [7, 11) is 1.41. The lowest BCUT2D eigenvalue weighted by atomic mass is 9.91. The van der Waals surface area contributed by atoms with E-state index in [2.05, 4.69) is 12.2 Å². The molecule has 1 heterocycles. The molecule has 1 aromatic carbocycles. The number of hydrogen-bond donors (Lipinski definition) is 1. The van der Waals surface area contributed by atoms with Crippen LogP contribution in [0.5, 0.6) is 0 Å². The molecule has 0 saturated heterocycles. The molecule has 0 saturated carbocycles. The highest BCUT2D eigenvalue weighted by atomic mass is 16.5. The summed E-state index contributed by atoms with van der Waals surface area (Å²) in [6.07, 6.45) is 0. The van der Waals surface area contributed by atoms with Gasteiger partial charge in [0.25, 0.3) is 0 Å². The van der Waals surface area contributed by atoms with Gasteiger partial charge in [-0.25, -0.2) is 4.79 Å². The highest BCUT2D eigenvalue weighted by Crippen LogP contribution is 2.24. The summed E-state index contributed by atoms with van der Waals surface area (Å²) in [5, 5.41) is 3.32. The third-order valence-electron chi connectivity index (χ3n) is 2.86. The van der Waals surface area contributed by atoms with Gasteiger partial charge in [-0.05, 0) is 29.2 Å². The Morgan fingerprint density at radius 3 is 3.07 bits per heavy atom. The quantitative estimate of drug-likeness (QED) is 0.709. The summed E-state index contributed by atoms with van der Waals surface area (Å²) >= 11 is 0. The largest absolute Gasteiger partial charge is 0.465 e. The zero-order chi connectivity index (χ0) is 10.8. The van der Waals surface area contributed by atoms with E-state index in [0.29, 0.717) is 11.5 Å². The Balaban J connectivity index is 2.37. The number of fused-ring (bicyclic) bond motifs is 1. The van der Waals surface area contributed by atoms with E-state index in [1.807, 2.05) is 18.2 Å². The summed E-state index contributed by atoms with van der Waals surface area (Å²) in [6, 6.07) is 5.80. The molecule has 0 amide bonds.